The predicted molar refractivity (Wildman–Crippen MR) is 124 cm³/mol. The normalized spacial score (nSPS) is 10.9. The van der Waals surface area contributed by atoms with E-state index in [0.29, 0.717) is 23.4 Å². The van der Waals surface area contributed by atoms with Crippen molar-refractivity contribution in [2.75, 3.05) is 24.8 Å². The molecule has 0 unspecified atom stereocenters. The lowest BCUT2D eigenvalue weighted by molar-refractivity contribution is -0.113. The number of carbonyl (C=O) groups is 1. The molecule has 164 valence electrons. The molecule has 1 N–H and O–H groups in total. The maximum absolute atomic E-state index is 12.5. The van der Waals surface area contributed by atoms with Crippen LogP contribution in [0.25, 0.3) is 22.0 Å². The van der Waals surface area contributed by atoms with Crippen molar-refractivity contribution < 1.29 is 9.53 Å². The first-order valence-corrected chi connectivity index (χ1v) is 11.7. The average Bonchev–Trinajstić information content (AvgIpc) is 3.46. The Hall–Kier alpha value is -3.15. The van der Waals surface area contributed by atoms with Crippen LogP contribution in [0.5, 0.6) is 0 Å². The highest BCUT2D eigenvalue weighted by Gasteiger charge is 2.16. The lowest BCUT2D eigenvalue weighted by atomic mass is 10.2. The fraction of sp³-hybridized carbons (Fsp3) is 0.238. The Balaban J connectivity index is 1.41. The molecule has 0 spiro atoms. The van der Waals surface area contributed by atoms with E-state index in [1.54, 1.807) is 19.5 Å². The number of amides is 1. The molecule has 4 aromatic rings. The Morgan fingerprint density at radius 3 is 2.66 bits per heavy atom. The number of carbonyl (C=O) groups excluding carboxylic acids is 1. The van der Waals surface area contributed by atoms with Gasteiger partial charge in [-0.15, -0.1) is 20.4 Å². The van der Waals surface area contributed by atoms with Crippen LogP contribution in [0, 0.1) is 0 Å². The van der Waals surface area contributed by atoms with Crippen LogP contribution >= 0.6 is 23.1 Å². The third-order valence-electron chi connectivity index (χ3n) is 4.41. The average molecular weight is 468 g/mol. The number of ether oxygens (including phenoxy) is 1. The zero-order valence-corrected chi connectivity index (χ0v) is 19.0. The van der Waals surface area contributed by atoms with E-state index in [1.165, 1.54) is 23.1 Å². The summed E-state index contributed by atoms with van der Waals surface area (Å²) in [5.74, 6) is 0.740. The zero-order chi connectivity index (χ0) is 22.2. The van der Waals surface area contributed by atoms with Gasteiger partial charge >= 0.3 is 0 Å². The minimum atomic E-state index is -0.178. The van der Waals surface area contributed by atoms with E-state index in [0.717, 1.165) is 28.4 Å². The number of aromatic nitrogens is 6. The van der Waals surface area contributed by atoms with Crippen LogP contribution in [0.15, 0.2) is 60.0 Å². The molecule has 32 heavy (non-hydrogen) atoms. The molecule has 3 aromatic heterocycles. The number of hydrogen-bond acceptors (Lipinski definition) is 9. The molecule has 0 aliphatic carbocycles. The molecule has 0 saturated heterocycles. The monoisotopic (exact) mass is 467 g/mol. The highest BCUT2D eigenvalue weighted by molar-refractivity contribution is 7.99. The van der Waals surface area contributed by atoms with Crippen LogP contribution in [0.3, 0.4) is 0 Å². The van der Waals surface area contributed by atoms with Crippen LogP contribution in [-0.4, -0.2) is 55.3 Å². The lowest BCUT2D eigenvalue weighted by Crippen LogP contribution is -2.14. The van der Waals surface area contributed by atoms with Crippen LogP contribution in [0.4, 0.5) is 5.13 Å². The van der Waals surface area contributed by atoms with Gasteiger partial charge in [0.1, 0.15) is 5.01 Å². The second-order valence-corrected chi connectivity index (χ2v) is 8.58. The second kappa shape index (κ2) is 10.9. The summed E-state index contributed by atoms with van der Waals surface area (Å²) in [6.07, 6.45) is 4.24. The van der Waals surface area contributed by atoms with Crippen LogP contribution < -0.4 is 5.32 Å². The van der Waals surface area contributed by atoms with E-state index in [9.17, 15) is 4.79 Å². The largest absolute Gasteiger partial charge is 0.385 e. The number of thioether (sulfide) groups is 1. The van der Waals surface area contributed by atoms with Crippen molar-refractivity contribution in [3.8, 4) is 22.0 Å². The molecule has 0 aliphatic rings. The fourth-order valence-electron chi connectivity index (χ4n) is 2.94. The van der Waals surface area contributed by atoms with Gasteiger partial charge in [0.05, 0.1) is 5.75 Å². The molecular weight excluding hydrogens is 446 g/mol. The van der Waals surface area contributed by atoms with Crippen molar-refractivity contribution in [3.05, 3.63) is 54.9 Å². The van der Waals surface area contributed by atoms with Gasteiger partial charge < -0.3 is 9.30 Å². The molecule has 0 aliphatic heterocycles. The molecular formula is C21H21N7O2S2. The molecule has 0 atom stereocenters. The van der Waals surface area contributed by atoms with Crippen molar-refractivity contribution in [2.24, 2.45) is 0 Å². The minimum Gasteiger partial charge on any atom is -0.385 e. The smallest absolute Gasteiger partial charge is 0.236 e. The maximum atomic E-state index is 12.5. The van der Waals surface area contributed by atoms with E-state index < -0.39 is 0 Å². The van der Waals surface area contributed by atoms with Gasteiger partial charge in [0.2, 0.25) is 11.0 Å². The van der Waals surface area contributed by atoms with E-state index in [-0.39, 0.29) is 11.7 Å². The molecule has 0 saturated carbocycles. The number of nitrogens with one attached hydrogen (secondary N) is 1. The van der Waals surface area contributed by atoms with E-state index in [2.05, 4.69) is 30.7 Å². The molecule has 1 aromatic carbocycles. The Morgan fingerprint density at radius 1 is 1.06 bits per heavy atom. The molecule has 9 nitrogen and oxygen atoms in total. The van der Waals surface area contributed by atoms with Crippen LogP contribution in [0.1, 0.15) is 6.42 Å². The topological polar surface area (TPSA) is 108 Å². The Labute approximate surface area is 193 Å². The number of anilines is 1. The van der Waals surface area contributed by atoms with E-state index in [4.69, 9.17) is 4.74 Å². The van der Waals surface area contributed by atoms with Gasteiger partial charge in [-0.3, -0.25) is 15.1 Å². The van der Waals surface area contributed by atoms with Crippen molar-refractivity contribution in [1.82, 2.24) is 29.9 Å². The van der Waals surface area contributed by atoms with Crippen molar-refractivity contribution >= 4 is 34.1 Å². The number of pyridine rings is 1. The number of hydrogen-bond donors (Lipinski definition) is 1. The summed E-state index contributed by atoms with van der Waals surface area (Å²) < 4.78 is 7.18. The lowest BCUT2D eigenvalue weighted by Gasteiger charge is -2.09. The first-order chi connectivity index (χ1) is 15.7. The van der Waals surface area contributed by atoms with Gasteiger partial charge in [-0.25, -0.2) is 0 Å². The van der Waals surface area contributed by atoms with Gasteiger partial charge in [-0.2, -0.15) is 0 Å². The Morgan fingerprint density at radius 2 is 1.88 bits per heavy atom. The summed E-state index contributed by atoms with van der Waals surface area (Å²) in [7, 11) is 1.67. The number of methoxy groups -OCH3 is 1. The Kier molecular flexibility index (Phi) is 7.54. The molecule has 0 radical (unpaired) electrons. The Bertz CT molecular complexity index is 1150. The first-order valence-electron chi connectivity index (χ1n) is 9.88. The molecule has 0 fully saturated rings. The highest BCUT2D eigenvalue weighted by Crippen LogP contribution is 2.27. The molecule has 3 heterocycles. The minimum absolute atomic E-state index is 0.178. The van der Waals surface area contributed by atoms with Crippen molar-refractivity contribution in [3.63, 3.8) is 0 Å². The quantitative estimate of drug-likeness (QED) is 0.278. The fourth-order valence-corrected chi connectivity index (χ4v) is 4.46. The summed E-state index contributed by atoms with van der Waals surface area (Å²) in [5, 5.41) is 21.6. The number of rotatable bonds is 10. The van der Waals surface area contributed by atoms with E-state index in [1.807, 2.05) is 47.0 Å². The summed E-state index contributed by atoms with van der Waals surface area (Å²) in [5.41, 5.74) is 1.89. The van der Waals surface area contributed by atoms with Gasteiger partial charge in [-0.05, 0) is 18.6 Å². The molecule has 11 heteroatoms. The predicted octanol–water partition coefficient (Wildman–Crippen LogP) is 3.63. The third-order valence-corrected chi connectivity index (χ3v) is 6.26. The first kappa shape index (κ1) is 22.1. The summed E-state index contributed by atoms with van der Waals surface area (Å²) in [6.45, 7) is 1.30. The van der Waals surface area contributed by atoms with Crippen LogP contribution in [-0.2, 0) is 16.1 Å². The highest BCUT2D eigenvalue weighted by atomic mass is 32.2. The zero-order valence-electron chi connectivity index (χ0n) is 17.3. The third kappa shape index (κ3) is 5.55. The summed E-state index contributed by atoms with van der Waals surface area (Å²) >= 11 is 2.67. The van der Waals surface area contributed by atoms with Gasteiger partial charge in [-0.1, -0.05) is 53.4 Å². The van der Waals surface area contributed by atoms with Gasteiger partial charge in [0, 0.05) is 43.8 Å². The van der Waals surface area contributed by atoms with Crippen molar-refractivity contribution in [2.45, 2.75) is 18.1 Å². The van der Waals surface area contributed by atoms with Gasteiger partial charge in [0.15, 0.2) is 11.0 Å². The maximum Gasteiger partial charge on any atom is 0.236 e. The number of benzene rings is 1. The summed E-state index contributed by atoms with van der Waals surface area (Å²) in [4.78, 5) is 16.6. The number of nitrogens with zero attached hydrogens (tertiary/aromatic N) is 6. The molecule has 1 amide bonds. The van der Waals surface area contributed by atoms with Crippen molar-refractivity contribution in [1.29, 1.82) is 0 Å². The SMILES string of the molecule is COCCCn1c(SCC(=O)Nc2nnc(-c3ccccc3)s2)nnc1-c1ccncc1. The standard InChI is InChI=1S/C21H21N7O2S2/c1-30-13-5-12-28-18(15-8-10-22-11-9-15)24-27-21(28)31-14-17(29)23-20-26-25-19(32-20)16-6-3-2-4-7-16/h2-4,6-11H,5,12-14H2,1H3,(H,23,26,29). The van der Waals surface area contributed by atoms with Gasteiger partial charge in [0.25, 0.3) is 0 Å². The summed E-state index contributed by atoms with van der Waals surface area (Å²) in [6, 6.07) is 13.5. The van der Waals surface area contributed by atoms with Crippen LogP contribution in [0.2, 0.25) is 0 Å². The molecule has 4 rings (SSSR count). The van der Waals surface area contributed by atoms with E-state index >= 15 is 0 Å². The second-order valence-electron chi connectivity index (χ2n) is 6.66. The molecule has 0 bridgehead atoms.